The number of hydrogen-bond donors (Lipinski definition) is 2. The predicted molar refractivity (Wildman–Crippen MR) is 71.6 cm³/mol. The highest BCUT2D eigenvalue weighted by Gasteiger charge is 2.35. The SMILES string of the molecule is CCC1C(=O)NCCN1c1nc(C(F)(F)F)ccc1CN. The van der Waals surface area contributed by atoms with Crippen LogP contribution in [0.3, 0.4) is 0 Å². The Kier molecular flexibility index (Phi) is 4.36. The topological polar surface area (TPSA) is 71.2 Å². The molecule has 5 nitrogen and oxygen atoms in total. The summed E-state index contributed by atoms with van der Waals surface area (Å²) >= 11 is 0. The number of anilines is 1. The van der Waals surface area contributed by atoms with Crippen LogP contribution < -0.4 is 16.0 Å². The van der Waals surface area contributed by atoms with Crippen LogP contribution in [0.15, 0.2) is 12.1 Å². The van der Waals surface area contributed by atoms with Crippen molar-refractivity contribution in [1.29, 1.82) is 0 Å². The summed E-state index contributed by atoms with van der Waals surface area (Å²) in [5.41, 5.74) is 5.11. The normalized spacial score (nSPS) is 19.6. The monoisotopic (exact) mass is 302 g/mol. The van der Waals surface area contributed by atoms with Crippen molar-refractivity contribution in [2.75, 3.05) is 18.0 Å². The zero-order valence-electron chi connectivity index (χ0n) is 11.6. The number of aromatic nitrogens is 1. The third-order valence-corrected chi connectivity index (χ3v) is 3.46. The summed E-state index contributed by atoms with van der Waals surface area (Å²) in [5, 5.41) is 2.70. The molecule has 1 aromatic rings. The second-order valence-corrected chi connectivity index (χ2v) is 4.79. The molecule has 1 aliphatic heterocycles. The maximum Gasteiger partial charge on any atom is 0.433 e. The quantitative estimate of drug-likeness (QED) is 0.882. The Labute approximate surface area is 120 Å². The zero-order chi connectivity index (χ0) is 15.6. The molecule has 116 valence electrons. The van der Waals surface area contributed by atoms with Crippen LogP contribution in [-0.2, 0) is 17.5 Å². The molecule has 1 amide bonds. The van der Waals surface area contributed by atoms with Gasteiger partial charge in [-0.25, -0.2) is 4.98 Å². The van der Waals surface area contributed by atoms with Crippen molar-refractivity contribution in [3.63, 3.8) is 0 Å². The largest absolute Gasteiger partial charge is 0.433 e. The van der Waals surface area contributed by atoms with Crippen molar-refractivity contribution >= 4 is 11.7 Å². The number of nitrogens with zero attached hydrogens (tertiary/aromatic N) is 2. The lowest BCUT2D eigenvalue weighted by Gasteiger charge is -2.36. The van der Waals surface area contributed by atoms with Crippen molar-refractivity contribution in [2.24, 2.45) is 5.73 Å². The second kappa shape index (κ2) is 5.88. The molecule has 0 radical (unpaired) electrons. The van der Waals surface area contributed by atoms with Crippen LogP contribution in [0.5, 0.6) is 0 Å². The Balaban J connectivity index is 2.47. The lowest BCUT2D eigenvalue weighted by atomic mass is 10.1. The van der Waals surface area contributed by atoms with Crippen LogP contribution in [0.25, 0.3) is 0 Å². The van der Waals surface area contributed by atoms with Gasteiger partial charge in [-0.1, -0.05) is 13.0 Å². The molecule has 2 heterocycles. The van der Waals surface area contributed by atoms with Gasteiger partial charge < -0.3 is 16.0 Å². The van der Waals surface area contributed by atoms with Crippen LogP contribution >= 0.6 is 0 Å². The smallest absolute Gasteiger partial charge is 0.353 e. The summed E-state index contributed by atoms with van der Waals surface area (Å²) in [5.74, 6) is -0.0556. The zero-order valence-corrected chi connectivity index (χ0v) is 11.6. The van der Waals surface area contributed by atoms with Crippen LogP contribution in [0, 0.1) is 0 Å². The first kappa shape index (κ1) is 15.6. The van der Waals surface area contributed by atoms with E-state index in [0.717, 1.165) is 6.07 Å². The molecule has 1 fully saturated rings. The van der Waals surface area contributed by atoms with Crippen LogP contribution in [0.4, 0.5) is 19.0 Å². The Hall–Kier alpha value is -1.83. The average Bonchev–Trinajstić information content (AvgIpc) is 2.45. The van der Waals surface area contributed by atoms with Gasteiger partial charge in [-0.05, 0) is 12.5 Å². The molecule has 1 aromatic heterocycles. The van der Waals surface area contributed by atoms with E-state index >= 15 is 0 Å². The summed E-state index contributed by atoms with van der Waals surface area (Å²) < 4.78 is 38.5. The standard InChI is InChI=1S/C13H17F3N4O/c1-2-9-12(21)18-5-6-20(9)11-8(7-17)3-4-10(19-11)13(14,15)16/h3-4,9H,2,5-7,17H2,1H3,(H,18,21). The lowest BCUT2D eigenvalue weighted by Crippen LogP contribution is -2.55. The number of nitrogens with one attached hydrogen (secondary N) is 1. The van der Waals surface area contributed by atoms with Gasteiger partial charge >= 0.3 is 6.18 Å². The fraction of sp³-hybridized carbons (Fsp3) is 0.538. The first-order valence-electron chi connectivity index (χ1n) is 6.70. The summed E-state index contributed by atoms with van der Waals surface area (Å²) in [6.45, 7) is 2.65. The highest BCUT2D eigenvalue weighted by molar-refractivity contribution is 5.86. The van der Waals surface area contributed by atoms with Gasteiger partial charge in [0.1, 0.15) is 17.6 Å². The van der Waals surface area contributed by atoms with E-state index in [0.29, 0.717) is 25.1 Å². The Morgan fingerprint density at radius 1 is 1.48 bits per heavy atom. The van der Waals surface area contributed by atoms with Gasteiger partial charge in [-0.15, -0.1) is 0 Å². The van der Waals surface area contributed by atoms with Crippen molar-refractivity contribution in [1.82, 2.24) is 10.3 Å². The van der Waals surface area contributed by atoms with Crippen molar-refractivity contribution in [2.45, 2.75) is 32.1 Å². The minimum atomic E-state index is -4.53. The molecule has 0 aliphatic carbocycles. The Morgan fingerprint density at radius 2 is 2.19 bits per heavy atom. The molecule has 0 saturated carbocycles. The van der Waals surface area contributed by atoms with Crippen LogP contribution in [-0.4, -0.2) is 30.0 Å². The van der Waals surface area contributed by atoms with Gasteiger partial charge in [-0.2, -0.15) is 13.2 Å². The number of amides is 1. The first-order chi connectivity index (χ1) is 9.88. The van der Waals surface area contributed by atoms with E-state index in [1.54, 1.807) is 11.8 Å². The Morgan fingerprint density at radius 3 is 2.76 bits per heavy atom. The highest BCUT2D eigenvalue weighted by Crippen LogP contribution is 2.31. The van der Waals surface area contributed by atoms with Crippen molar-refractivity contribution < 1.29 is 18.0 Å². The fourth-order valence-corrected chi connectivity index (χ4v) is 2.42. The Bertz CT molecular complexity index is 533. The lowest BCUT2D eigenvalue weighted by molar-refractivity contribution is -0.141. The number of carbonyl (C=O) groups excluding carboxylic acids is 1. The number of alkyl halides is 3. The minimum absolute atomic E-state index is 0.0645. The van der Waals surface area contributed by atoms with Gasteiger partial charge in [0.05, 0.1) is 0 Å². The summed E-state index contributed by atoms with van der Waals surface area (Å²) in [7, 11) is 0. The third kappa shape index (κ3) is 3.10. The predicted octanol–water partition coefficient (Wildman–Crippen LogP) is 1.27. The van der Waals surface area contributed by atoms with E-state index in [9.17, 15) is 18.0 Å². The molecule has 0 bridgehead atoms. The first-order valence-corrected chi connectivity index (χ1v) is 6.70. The number of pyridine rings is 1. The molecule has 0 spiro atoms. The van der Waals surface area contributed by atoms with Gasteiger partial charge in [0.2, 0.25) is 5.91 Å². The van der Waals surface area contributed by atoms with Gasteiger partial charge in [0.15, 0.2) is 0 Å². The van der Waals surface area contributed by atoms with Crippen LogP contribution in [0.2, 0.25) is 0 Å². The van der Waals surface area contributed by atoms with Crippen molar-refractivity contribution in [3.8, 4) is 0 Å². The van der Waals surface area contributed by atoms with Gasteiger partial charge in [0.25, 0.3) is 0 Å². The second-order valence-electron chi connectivity index (χ2n) is 4.79. The molecular weight excluding hydrogens is 285 g/mol. The summed E-state index contributed by atoms with van der Waals surface area (Å²) in [6.07, 6.45) is -4.05. The maximum absolute atomic E-state index is 12.8. The minimum Gasteiger partial charge on any atom is -0.353 e. The number of piperazine rings is 1. The van der Waals surface area contributed by atoms with E-state index in [1.165, 1.54) is 6.07 Å². The molecule has 2 rings (SSSR count). The number of nitrogens with two attached hydrogens (primary N) is 1. The van der Waals surface area contributed by atoms with Gasteiger partial charge in [0, 0.05) is 25.2 Å². The van der Waals surface area contributed by atoms with Crippen molar-refractivity contribution in [3.05, 3.63) is 23.4 Å². The molecule has 0 aromatic carbocycles. The summed E-state index contributed by atoms with van der Waals surface area (Å²) in [6, 6.07) is 1.71. The van der Waals surface area contributed by atoms with E-state index < -0.39 is 17.9 Å². The average molecular weight is 302 g/mol. The number of rotatable bonds is 3. The van der Waals surface area contributed by atoms with Crippen LogP contribution in [0.1, 0.15) is 24.6 Å². The van der Waals surface area contributed by atoms with E-state index in [4.69, 9.17) is 5.73 Å². The molecule has 1 atom stereocenters. The third-order valence-electron chi connectivity index (χ3n) is 3.46. The number of carbonyl (C=O) groups is 1. The molecular formula is C13H17F3N4O. The molecule has 1 unspecified atom stereocenters. The molecule has 8 heteroatoms. The molecule has 3 N–H and O–H groups in total. The molecule has 1 aliphatic rings. The molecule has 21 heavy (non-hydrogen) atoms. The number of hydrogen-bond acceptors (Lipinski definition) is 4. The van der Waals surface area contributed by atoms with E-state index in [-0.39, 0.29) is 18.3 Å². The molecule has 1 saturated heterocycles. The maximum atomic E-state index is 12.8. The highest BCUT2D eigenvalue weighted by atomic mass is 19.4. The van der Waals surface area contributed by atoms with Gasteiger partial charge in [-0.3, -0.25) is 4.79 Å². The number of halogens is 3. The summed E-state index contributed by atoms with van der Waals surface area (Å²) in [4.78, 5) is 17.2. The van der Waals surface area contributed by atoms with E-state index in [1.807, 2.05) is 0 Å². The van der Waals surface area contributed by atoms with E-state index in [2.05, 4.69) is 10.3 Å². The fourth-order valence-electron chi connectivity index (χ4n) is 2.42.